The molecule has 0 spiro atoms. The molecular formula is C23H21BrN4O2S. The zero-order valence-electron chi connectivity index (χ0n) is 17.4. The number of rotatable bonds is 7. The highest BCUT2D eigenvalue weighted by Crippen LogP contribution is 2.37. The molecule has 0 N–H and O–H groups in total. The summed E-state index contributed by atoms with van der Waals surface area (Å²) in [6, 6.07) is 16.0. The molecule has 0 saturated carbocycles. The summed E-state index contributed by atoms with van der Waals surface area (Å²) in [6.07, 6.45) is 3.56. The average molecular weight is 497 g/mol. The lowest BCUT2D eigenvalue weighted by atomic mass is 10.2. The molecule has 0 saturated heterocycles. The van der Waals surface area contributed by atoms with Crippen molar-refractivity contribution >= 4 is 27.7 Å². The van der Waals surface area contributed by atoms with E-state index in [1.165, 1.54) is 0 Å². The Bertz CT molecular complexity index is 1200. The van der Waals surface area contributed by atoms with E-state index in [4.69, 9.17) is 9.47 Å². The number of nitrogens with zero attached hydrogens (tertiary/aromatic N) is 4. The van der Waals surface area contributed by atoms with Crippen molar-refractivity contribution in [2.75, 3.05) is 14.2 Å². The lowest BCUT2D eigenvalue weighted by molar-refractivity contribution is 0.354. The largest absolute Gasteiger partial charge is 0.493 e. The molecule has 4 rings (SSSR count). The van der Waals surface area contributed by atoms with Crippen LogP contribution in [0.25, 0.3) is 17.1 Å². The third kappa shape index (κ3) is 4.45. The predicted octanol–water partition coefficient (Wildman–Crippen LogP) is 5.71. The van der Waals surface area contributed by atoms with Crippen LogP contribution in [0, 0.1) is 6.92 Å². The highest BCUT2D eigenvalue weighted by molar-refractivity contribution is 9.10. The van der Waals surface area contributed by atoms with Crippen LogP contribution in [0.3, 0.4) is 0 Å². The van der Waals surface area contributed by atoms with Gasteiger partial charge in [-0.05, 0) is 48.4 Å². The van der Waals surface area contributed by atoms with Crippen molar-refractivity contribution in [1.82, 2.24) is 19.7 Å². The van der Waals surface area contributed by atoms with Gasteiger partial charge in [0.15, 0.2) is 22.5 Å². The van der Waals surface area contributed by atoms with Gasteiger partial charge in [0.05, 0.1) is 19.9 Å². The Balaban J connectivity index is 1.73. The molecule has 0 aliphatic heterocycles. The maximum absolute atomic E-state index is 5.46. The Morgan fingerprint density at radius 2 is 1.77 bits per heavy atom. The minimum Gasteiger partial charge on any atom is -0.493 e. The smallest absolute Gasteiger partial charge is 0.196 e. The lowest BCUT2D eigenvalue weighted by Crippen LogP contribution is -2.02. The van der Waals surface area contributed by atoms with Crippen LogP contribution in [0.2, 0.25) is 0 Å². The van der Waals surface area contributed by atoms with Crippen LogP contribution in [-0.4, -0.2) is 34.0 Å². The van der Waals surface area contributed by atoms with Crippen LogP contribution in [0.4, 0.5) is 0 Å². The van der Waals surface area contributed by atoms with Gasteiger partial charge < -0.3 is 9.47 Å². The molecule has 0 atom stereocenters. The molecule has 8 heteroatoms. The number of aromatic nitrogens is 4. The number of hydrogen-bond donors (Lipinski definition) is 0. The quantitative estimate of drug-likeness (QED) is 0.305. The summed E-state index contributed by atoms with van der Waals surface area (Å²) in [5, 5.41) is 9.80. The van der Waals surface area contributed by atoms with Gasteiger partial charge in [0, 0.05) is 28.2 Å². The summed E-state index contributed by atoms with van der Waals surface area (Å²) >= 11 is 5.25. The second-order valence-electron chi connectivity index (χ2n) is 6.76. The Hall–Kier alpha value is -2.84. The van der Waals surface area contributed by atoms with Crippen molar-refractivity contribution in [3.63, 3.8) is 0 Å². The number of para-hydroxylation sites is 1. The standard InChI is InChI=1S/C23H21BrN4O2S/c1-15-7-4-5-9-19(15)28-22(16-8-6-10-25-13-16)26-27-23(28)31-14-17-11-20(29-2)21(30-3)12-18(17)24/h4-13H,14H2,1-3H3. The van der Waals surface area contributed by atoms with Crippen molar-refractivity contribution in [3.05, 3.63) is 76.5 Å². The monoisotopic (exact) mass is 496 g/mol. The number of aryl methyl sites for hydroxylation is 1. The summed E-state index contributed by atoms with van der Waals surface area (Å²) in [6.45, 7) is 2.09. The van der Waals surface area contributed by atoms with E-state index in [1.807, 2.05) is 36.4 Å². The molecule has 2 aromatic carbocycles. The van der Waals surface area contributed by atoms with Gasteiger partial charge in [-0.3, -0.25) is 9.55 Å². The van der Waals surface area contributed by atoms with Gasteiger partial charge in [-0.15, -0.1) is 10.2 Å². The third-order valence-corrected chi connectivity index (χ3v) is 6.53. The molecular weight excluding hydrogens is 476 g/mol. The molecule has 0 aliphatic rings. The van der Waals surface area contributed by atoms with Gasteiger partial charge in [0.2, 0.25) is 0 Å². The first-order chi connectivity index (χ1) is 15.1. The Morgan fingerprint density at radius 3 is 2.48 bits per heavy atom. The highest BCUT2D eigenvalue weighted by atomic mass is 79.9. The van der Waals surface area contributed by atoms with E-state index in [9.17, 15) is 0 Å². The normalized spacial score (nSPS) is 10.8. The van der Waals surface area contributed by atoms with E-state index in [2.05, 4.69) is 54.7 Å². The van der Waals surface area contributed by atoms with Crippen molar-refractivity contribution < 1.29 is 9.47 Å². The SMILES string of the molecule is COc1cc(Br)c(CSc2nnc(-c3cccnc3)n2-c2ccccc2C)cc1OC. The fourth-order valence-electron chi connectivity index (χ4n) is 3.23. The van der Waals surface area contributed by atoms with Crippen molar-refractivity contribution in [1.29, 1.82) is 0 Å². The number of methoxy groups -OCH3 is 2. The maximum Gasteiger partial charge on any atom is 0.196 e. The number of thioether (sulfide) groups is 1. The fraction of sp³-hybridized carbons (Fsp3) is 0.174. The first-order valence-corrected chi connectivity index (χ1v) is 11.3. The average Bonchev–Trinajstić information content (AvgIpc) is 3.22. The summed E-state index contributed by atoms with van der Waals surface area (Å²) in [4.78, 5) is 4.25. The molecule has 0 fully saturated rings. The summed E-state index contributed by atoms with van der Waals surface area (Å²) in [5.41, 5.74) is 4.17. The first-order valence-electron chi connectivity index (χ1n) is 9.57. The van der Waals surface area contributed by atoms with Crippen LogP contribution in [0.1, 0.15) is 11.1 Å². The Kier molecular flexibility index (Phi) is 6.58. The molecule has 2 heterocycles. The van der Waals surface area contributed by atoms with Crippen molar-refractivity contribution in [2.24, 2.45) is 0 Å². The Morgan fingerprint density at radius 1 is 1.00 bits per heavy atom. The van der Waals surface area contributed by atoms with Gasteiger partial charge in [-0.2, -0.15) is 0 Å². The summed E-state index contributed by atoms with van der Waals surface area (Å²) in [5.74, 6) is 2.82. The molecule has 0 radical (unpaired) electrons. The minimum atomic E-state index is 0.679. The van der Waals surface area contributed by atoms with Crippen LogP contribution in [0.15, 0.2) is 70.6 Å². The van der Waals surface area contributed by atoms with Gasteiger partial charge in [-0.25, -0.2) is 0 Å². The van der Waals surface area contributed by atoms with Crippen molar-refractivity contribution in [2.45, 2.75) is 17.8 Å². The van der Waals surface area contributed by atoms with E-state index >= 15 is 0 Å². The van der Waals surface area contributed by atoms with E-state index in [1.54, 1.807) is 38.4 Å². The highest BCUT2D eigenvalue weighted by Gasteiger charge is 2.18. The van der Waals surface area contributed by atoms with Crippen LogP contribution >= 0.6 is 27.7 Å². The van der Waals surface area contributed by atoms with Crippen LogP contribution in [0.5, 0.6) is 11.5 Å². The molecule has 158 valence electrons. The van der Waals surface area contributed by atoms with Crippen molar-refractivity contribution in [3.8, 4) is 28.6 Å². The fourth-order valence-corrected chi connectivity index (χ4v) is 4.81. The van der Waals surface area contributed by atoms with Gasteiger partial charge >= 0.3 is 0 Å². The van der Waals surface area contributed by atoms with Gasteiger partial charge in [0.25, 0.3) is 0 Å². The van der Waals surface area contributed by atoms with E-state index in [0.29, 0.717) is 17.3 Å². The van der Waals surface area contributed by atoms with E-state index < -0.39 is 0 Å². The van der Waals surface area contributed by atoms with Crippen LogP contribution in [-0.2, 0) is 5.75 Å². The second kappa shape index (κ2) is 9.53. The molecule has 0 bridgehead atoms. The first kappa shape index (κ1) is 21.4. The van der Waals surface area contributed by atoms with Gasteiger partial charge in [-0.1, -0.05) is 45.9 Å². The number of pyridine rings is 1. The second-order valence-corrected chi connectivity index (χ2v) is 8.55. The predicted molar refractivity (Wildman–Crippen MR) is 126 cm³/mol. The number of halogens is 1. The molecule has 0 amide bonds. The number of benzene rings is 2. The molecule has 2 aromatic heterocycles. The summed E-state index contributed by atoms with van der Waals surface area (Å²) < 4.78 is 13.9. The minimum absolute atomic E-state index is 0.679. The lowest BCUT2D eigenvalue weighted by Gasteiger charge is -2.14. The zero-order chi connectivity index (χ0) is 21.8. The van der Waals surface area contributed by atoms with E-state index in [0.717, 1.165) is 37.8 Å². The molecule has 4 aromatic rings. The van der Waals surface area contributed by atoms with E-state index in [-0.39, 0.29) is 0 Å². The maximum atomic E-state index is 5.46. The third-order valence-electron chi connectivity index (χ3n) is 4.82. The molecule has 0 unspecified atom stereocenters. The van der Waals surface area contributed by atoms with Crippen LogP contribution < -0.4 is 9.47 Å². The molecule has 6 nitrogen and oxygen atoms in total. The van der Waals surface area contributed by atoms with Gasteiger partial charge in [0.1, 0.15) is 0 Å². The number of ether oxygens (including phenoxy) is 2. The topological polar surface area (TPSA) is 62.1 Å². The summed E-state index contributed by atoms with van der Waals surface area (Å²) in [7, 11) is 3.26. The molecule has 0 aliphatic carbocycles. The zero-order valence-corrected chi connectivity index (χ0v) is 19.8. The Labute approximate surface area is 193 Å². The molecule has 31 heavy (non-hydrogen) atoms. The number of hydrogen-bond acceptors (Lipinski definition) is 6.